The van der Waals surface area contributed by atoms with Crippen LogP contribution < -0.4 is 10.6 Å². The monoisotopic (exact) mass is 364 g/mol. The number of fused-ring (bicyclic) bond motifs is 1. The molecular weight excluding hydrogens is 344 g/mol. The quantitative estimate of drug-likeness (QED) is 0.722. The fourth-order valence-corrected chi connectivity index (χ4v) is 3.75. The Morgan fingerprint density at radius 3 is 2.69 bits per heavy atom. The Kier molecular flexibility index (Phi) is 4.16. The van der Waals surface area contributed by atoms with E-state index in [0.29, 0.717) is 0 Å². The van der Waals surface area contributed by atoms with Gasteiger partial charge in [0.1, 0.15) is 0 Å². The van der Waals surface area contributed by atoms with Crippen molar-refractivity contribution >= 4 is 28.8 Å². The van der Waals surface area contributed by atoms with Crippen LogP contribution in [0.25, 0.3) is 11.4 Å². The normalized spacial score (nSPS) is 13.3. The first kappa shape index (κ1) is 16.7. The topological polar surface area (TPSA) is 72.3 Å². The van der Waals surface area contributed by atoms with Crippen molar-refractivity contribution in [1.82, 2.24) is 14.9 Å². The van der Waals surface area contributed by atoms with Gasteiger partial charge in [-0.2, -0.15) is 9.78 Å². The number of nitrogens with zero attached hydrogens (tertiary/aromatic N) is 5. The number of hydrogen-bond acceptors (Lipinski definition) is 6. The van der Waals surface area contributed by atoms with Gasteiger partial charge in [-0.15, -0.1) is 10.2 Å². The average molecular weight is 364 g/mol. The molecule has 0 aliphatic carbocycles. The highest BCUT2D eigenvalue weighted by atomic mass is 32.2. The lowest BCUT2D eigenvalue weighted by Gasteiger charge is -2.18. The third kappa shape index (κ3) is 2.84. The summed E-state index contributed by atoms with van der Waals surface area (Å²) >= 11 is 1.64. The lowest BCUT2D eigenvalue weighted by molar-refractivity contribution is 0.762. The molecule has 0 unspecified atom stereocenters. The molecule has 0 atom stereocenters. The van der Waals surface area contributed by atoms with Gasteiger partial charge in [-0.05, 0) is 30.7 Å². The molecule has 0 saturated heterocycles. The molecule has 1 aliphatic rings. The van der Waals surface area contributed by atoms with E-state index in [-0.39, 0.29) is 0 Å². The zero-order valence-corrected chi connectivity index (χ0v) is 15.8. The number of aromatic nitrogens is 3. The summed E-state index contributed by atoms with van der Waals surface area (Å²) in [5.41, 5.74) is 12.0. The largest absolute Gasteiger partial charge is 0.398 e. The summed E-state index contributed by atoms with van der Waals surface area (Å²) in [6, 6.07) is 14.2. The van der Waals surface area contributed by atoms with Gasteiger partial charge in [0.05, 0.1) is 5.71 Å². The van der Waals surface area contributed by atoms with Crippen LogP contribution in [0.2, 0.25) is 0 Å². The first-order valence-corrected chi connectivity index (χ1v) is 9.32. The molecule has 0 spiro atoms. The third-order valence-electron chi connectivity index (χ3n) is 4.41. The first-order chi connectivity index (χ1) is 12.5. The summed E-state index contributed by atoms with van der Waals surface area (Å²) < 4.78 is 1.84. The minimum absolute atomic E-state index is 0.745. The molecule has 4 rings (SSSR count). The number of rotatable bonds is 3. The van der Waals surface area contributed by atoms with Crippen molar-refractivity contribution in [3.8, 4) is 11.4 Å². The molecule has 3 aromatic rings. The summed E-state index contributed by atoms with van der Waals surface area (Å²) in [6.07, 6.45) is 0. The van der Waals surface area contributed by atoms with Crippen LogP contribution in [0.4, 0.5) is 11.4 Å². The van der Waals surface area contributed by atoms with E-state index in [2.05, 4.69) is 27.2 Å². The van der Waals surface area contributed by atoms with Gasteiger partial charge < -0.3 is 10.6 Å². The molecule has 26 heavy (non-hydrogen) atoms. The second-order valence-corrected chi connectivity index (χ2v) is 7.38. The van der Waals surface area contributed by atoms with Gasteiger partial charge in [0.2, 0.25) is 5.16 Å². The third-order valence-corrected chi connectivity index (χ3v) is 5.34. The number of benzene rings is 2. The Balaban J connectivity index is 1.82. The second kappa shape index (κ2) is 6.49. The molecular formula is C19H20N6S. The lowest BCUT2D eigenvalue weighted by Crippen LogP contribution is -2.15. The van der Waals surface area contributed by atoms with Gasteiger partial charge in [0, 0.05) is 42.3 Å². The van der Waals surface area contributed by atoms with Crippen LogP contribution in [0.5, 0.6) is 0 Å². The Labute approximate surface area is 156 Å². The van der Waals surface area contributed by atoms with E-state index in [1.54, 1.807) is 11.8 Å². The zero-order valence-electron chi connectivity index (χ0n) is 15.0. The predicted molar refractivity (Wildman–Crippen MR) is 108 cm³/mol. The van der Waals surface area contributed by atoms with Gasteiger partial charge in [-0.3, -0.25) is 0 Å². The summed E-state index contributed by atoms with van der Waals surface area (Å²) in [7, 11) is 4.04. The maximum absolute atomic E-state index is 6.08. The van der Waals surface area contributed by atoms with Crippen LogP contribution >= 0.6 is 11.8 Å². The Morgan fingerprint density at radius 2 is 1.92 bits per heavy atom. The van der Waals surface area contributed by atoms with E-state index in [4.69, 9.17) is 10.8 Å². The zero-order chi connectivity index (χ0) is 18.3. The van der Waals surface area contributed by atoms with E-state index in [0.717, 1.165) is 50.5 Å². The fraction of sp³-hybridized carbons (Fsp3) is 0.211. The van der Waals surface area contributed by atoms with Crippen molar-refractivity contribution < 1.29 is 0 Å². The van der Waals surface area contributed by atoms with Crippen molar-refractivity contribution in [2.24, 2.45) is 5.10 Å². The van der Waals surface area contributed by atoms with Gasteiger partial charge >= 0.3 is 0 Å². The molecule has 0 fully saturated rings. The van der Waals surface area contributed by atoms with E-state index < -0.39 is 0 Å². The molecule has 2 aromatic carbocycles. The van der Waals surface area contributed by atoms with Gasteiger partial charge in [-0.1, -0.05) is 36.0 Å². The highest BCUT2D eigenvalue weighted by Crippen LogP contribution is 2.33. The molecule has 1 aromatic heterocycles. The molecule has 0 amide bonds. The van der Waals surface area contributed by atoms with Gasteiger partial charge in [0.25, 0.3) is 0 Å². The Morgan fingerprint density at radius 1 is 1.12 bits per heavy atom. The lowest BCUT2D eigenvalue weighted by atomic mass is 10.1. The number of nitrogens with two attached hydrogens (primary N) is 1. The van der Waals surface area contributed by atoms with Crippen LogP contribution in [0, 0.1) is 6.92 Å². The molecule has 2 heterocycles. The van der Waals surface area contributed by atoms with Crippen LogP contribution in [0.3, 0.4) is 0 Å². The SMILES string of the molecule is Cc1ccc(C2=Nn3c(nnc3-c3ccccc3N(C)C)SC2)cc1N. The van der Waals surface area contributed by atoms with Gasteiger partial charge in [-0.25, -0.2) is 0 Å². The predicted octanol–water partition coefficient (Wildman–Crippen LogP) is 3.26. The first-order valence-electron chi connectivity index (χ1n) is 8.34. The highest BCUT2D eigenvalue weighted by molar-refractivity contribution is 7.99. The van der Waals surface area contributed by atoms with Crippen LogP contribution in [0.15, 0.2) is 52.7 Å². The fourth-order valence-electron chi connectivity index (χ4n) is 2.91. The molecule has 6 nitrogen and oxygen atoms in total. The number of thioether (sulfide) groups is 1. The molecule has 2 N–H and O–H groups in total. The summed E-state index contributed by atoms with van der Waals surface area (Å²) in [5, 5.41) is 14.4. The molecule has 0 bridgehead atoms. The summed E-state index contributed by atoms with van der Waals surface area (Å²) in [4.78, 5) is 2.07. The second-order valence-electron chi connectivity index (χ2n) is 6.44. The summed E-state index contributed by atoms with van der Waals surface area (Å²) in [5.74, 6) is 1.49. The molecule has 1 aliphatic heterocycles. The Hall–Kier alpha value is -2.80. The van der Waals surface area contributed by atoms with Crippen molar-refractivity contribution in [1.29, 1.82) is 0 Å². The van der Waals surface area contributed by atoms with E-state index in [1.165, 1.54) is 0 Å². The van der Waals surface area contributed by atoms with Crippen LogP contribution in [-0.2, 0) is 0 Å². The summed E-state index contributed by atoms with van der Waals surface area (Å²) in [6.45, 7) is 2.00. The molecule has 132 valence electrons. The van der Waals surface area contributed by atoms with Crippen LogP contribution in [0.1, 0.15) is 11.1 Å². The maximum atomic E-state index is 6.08. The van der Waals surface area contributed by atoms with Crippen LogP contribution in [-0.4, -0.2) is 40.4 Å². The Bertz CT molecular complexity index is 1010. The van der Waals surface area contributed by atoms with Crippen molar-refractivity contribution in [3.05, 3.63) is 53.6 Å². The van der Waals surface area contributed by atoms with E-state index in [9.17, 15) is 0 Å². The van der Waals surface area contributed by atoms with Gasteiger partial charge in [0.15, 0.2) is 5.82 Å². The minimum Gasteiger partial charge on any atom is -0.398 e. The van der Waals surface area contributed by atoms with E-state index >= 15 is 0 Å². The van der Waals surface area contributed by atoms with Crippen molar-refractivity contribution in [2.45, 2.75) is 12.1 Å². The van der Waals surface area contributed by atoms with Crippen molar-refractivity contribution in [3.63, 3.8) is 0 Å². The number of nitrogen functional groups attached to an aromatic ring is 1. The number of hydrogen-bond donors (Lipinski definition) is 1. The highest BCUT2D eigenvalue weighted by Gasteiger charge is 2.22. The minimum atomic E-state index is 0.745. The molecule has 0 saturated carbocycles. The molecule has 7 heteroatoms. The van der Waals surface area contributed by atoms with E-state index in [1.807, 2.05) is 56.0 Å². The molecule has 0 radical (unpaired) electrons. The smallest absolute Gasteiger partial charge is 0.212 e. The number of aryl methyl sites for hydroxylation is 1. The maximum Gasteiger partial charge on any atom is 0.212 e. The average Bonchev–Trinajstić information content (AvgIpc) is 3.07. The standard InChI is InChI=1S/C19H20N6S/c1-12-8-9-13(10-15(12)20)16-11-26-19-22-21-18(25(19)23-16)14-6-4-5-7-17(14)24(2)3/h4-10H,11,20H2,1-3H3. The number of para-hydroxylation sites is 1. The van der Waals surface area contributed by atoms with Crippen molar-refractivity contribution in [2.75, 3.05) is 30.5 Å². The number of anilines is 2.